The fraction of sp³-hybridized carbons (Fsp3) is 0.611. The second kappa shape index (κ2) is 8.99. The van der Waals surface area contributed by atoms with Crippen LogP contribution in [-0.2, 0) is 11.2 Å². The maximum Gasteiger partial charge on any atom is 0.248 e. The molecule has 1 aromatic rings. The van der Waals surface area contributed by atoms with Crippen LogP contribution in [0.1, 0.15) is 37.7 Å². The minimum absolute atomic E-state index is 0.0651. The van der Waals surface area contributed by atoms with Crippen molar-refractivity contribution in [2.45, 2.75) is 56.6 Å². The lowest BCUT2D eigenvalue weighted by molar-refractivity contribution is -0.139. The topological polar surface area (TPSA) is 93.4 Å². The van der Waals surface area contributed by atoms with Crippen LogP contribution in [0.25, 0.3) is 5.73 Å². The van der Waals surface area contributed by atoms with E-state index < -0.39 is 47.4 Å². The van der Waals surface area contributed by atoms with Gasteiger partial charge < -0.3 is 10.8 Å². The molecule has 1 amide bonds. The molecule has 2 rings (SSSR count). The highest BCUT2D eigenvalue weighted by atomic mass is 19.3. The summed E-state index contributed by atoms with van der Waals surface area (Å²) in [6, 6.07) is 1.63. The van der Waals surface area contributed by atoms with Gasteiger partial charge in [0.05, 0.1) is 0 Å². The van der Waals surface area contributed by atoms with Crippen molar-refractivity contribution >= 4 is 5.91 Å². The number of hydrogen-bond donors (Lipinski definition) is 3. The molecule has 0 aromatic heterocycles. The van der Waals surface area contributed by atoms with Crippen LogP contribution >= 0.6 is 0 Å². The molecule has 1 fully saturated rings. The summed E-state index contributed by atoms with van der Waals surface area (Å²) in [6.45, 7) is 0. The highest BCUT2D eigenvalue weighted by molar-refractivity contribution is 5.77. The molecule has 27 heavy (non-hydrogen) atoms. The van der Waals surface area contributed by atoms with Crippen LogP contribution < -0.4 is 5.48 Å². The first-order chi connectivity index (χ1) is 12.6. The first kappa shape index (κ1) is 21.6. The molecule has 0 saturated heterocycles. The van der Waals surface area contributed by atoms with Gasteiger partial charge in [-0.15, -0.1) is 6.04 Å². The molecule has 1 saturated carbocycles. The van der Waals surface area contributed by atoms with Crippen LogP contribution in [0, 0.1) is 23.5 Å². The Hall–Kier alpha value is -1.71. The Bertz CT molecular complexity index is 629. The number of aliphatic hydroxyl groups is 1. The van der Waals surface area contributed by atoms with Crippen molar-refractivity contribution < 1.29 is 32.7 Å². The molecule has 1 aliphatic rings. The summed E-state index contributed by atoms with van der Waals surface area (Å²) in [6.07, 6.45) is -2.32. The third kappa shape index (κ3) is 6.15. The van der Waals surface area contributed by atoms with Crippen molar-refractivity contribution in [2.75, 3.05) is 0 Å². The molecule has 1 aliphatic carbocycles. The second-order valence-electron chi connectivity index (χ2n) is 7.17. The van der Waals surface area contributed by atoms with Crippen molar-refractivity contribution in [1.82, 2.24) is 5.48 Å². The molecule has 3 atom stereocenters. The van der Waals surface area contributed by atoms with E-state index in [9.17, 15) is 27.5 Å². The van der Waals surface area contributed by atoms with Crippen LogP contribution in [0.15, 0.2) is 18.2 Å². The molecule has 9 heteroatoms. The first-order valence-corrected chi connectivity index (χ1v) is 8.77. The zero-order valence-electron chi connectivity index (χ0n) is 14.6. The van der Waals surface area contributed by atoms with E-state index >= 15 is 0 Å². The molecule has 0 radical (unpaired) electrons. The number of rotatable bonds is 7. The van der Waals surface area contributed by atoms with Gasteiger partial charge in [-0.05, 0) is 49.3 Å². The summed E-state index contributed by atoms with van der Waals surface area (Å²) >= 11 is 0. The fourth-order valence-electron chi connectivity index (χ4n) is 3.60. The molecule has 0 spiro atoms. The third-order valence-corrected chi connectivity index (χ3v) is 5.12. The van der Waals surface area contributed by atoms with Gasteiger partial charge >= 0.3 is 0 Å². The van der Waals surface area contributed by atoms with Gasteiger partial charge in [-0.1, -0.05) is 0 Å². The molecular formula is C18H23F4N2O3-. The van der Waals surface area contributed by atoms with E-state index in [1.807, 2.05) is 0 Å². The minimum Gasteiger partial charge on any atom is -0.672 e. The molecule has 1 aromatic carbocycles. The van der Waals surface area contributed by atoms with E-state index in [0.29, 0.717) is 6.07 Å². The monoisotopic (exact) mass is 391 g/mol. The Morgan fingerprint density at radius 2 is 1.78 bits per heavy atom. The van der Waals surface area contributed by atoms with Gasteiger partial charge in [0.2, 0.25) is 11.8 Å². The highest BCUT2D eigenvalue weighted by Gasteiger charge is 2.40. The molecule has 0 bridgehead atoms. The van der Waals surface area contributed by atoms with E-state index in [0.717, 1.165) is 12.1 Å². The van der Waals surface area contributed by atoms with Crippen molar-refractivity contribution in [3.63, 3.8) is 0 Å². The van der Waals surface area contributed by atoms with E-state index in [1.54, 1.807) is 0 Å². The maximum atomic E-state index is 13.3. The Morgan fingerprint density at radius 1 is 1.22 bits per heavy atom. The lowest BCUT2D eigenvalue weighted by Gasteiger charge is -2.35. The number of alkyl halides is 2. The smallest absolute Gasteiger partial charge is 0.248 e. The minimum atomic E-state index is -2.78. The number of carbonyl (C=O) groups is 1. The lowest BCUT2D eigenvalue weighted by atomic mass is 9.75. The van der Waals surface area contributed by atoms with Crippen molar-refractivity contribution in [3.05, 3.63) is 41.1 Å². The molecular weight excluding hydrogens is 368 g/mol. The Labute approximate surface area is 154 Å². The van der Waals surface area contributed by atoms with Crippen LogP contribution in [-0.4, -0.2) is 34.3 Å². The number of halogens is 4. The van der Waals surface area contributed by atoms with Gasteiger partial charge in [-0.2, -0.15) is 0 Å². The summed E-state index contributed by atoms with van der Waals surface area (Å²) in [4.78, 5) is 12.0. The number of amides is 1. The summed E-state index contributed by atoms with van der Waals surface area (Å²) in [5, 5.41) is 19.2. The fourth-order valence-corrected chi connectivity index (χ4v) is 3.60. The molecule has 4 N–H and O–H groups in total. The number of carbonyl (C=O) groups excluding carboxylic acids is 1. The Balaban J connectivity index is 2.02. The summed E-state index contributed by atoms with van der Waals surface area (Å²) in [7, 11) is 0. The van der Waals surface area contributed by atoms with Crippen LogP contribution in [0.3, 0.4) is 0 Å². The predicted molar refractivity (Wildman–Crippen MR) is 89.1 cm³/mol. The average Bonchev–Trinajstić information content (AvgIpc) is 2.58. The molecule has 152 valence electrons. The molecule has 0 aliphatic heterocycles. The van der Waals surface area contributed by atoms with Crippen LogP contribution in [0.2, 0.25) is 0 Å². The van der Waals surface area contributed by atoms with Crippen molar-refractivity contribution in [1.29, 1.82) is 0 Å². The van der Waals surface area contributed by atoms with E-state index in [2.05, 4.69) is 0 Å². The predicted octanol–water partition coefficient (Wildman–Crippen LogP) is 3.63. The quantitative estimate of drug-likeness (QED) is 0.376. The van der Waals surface area contributed by atoms with Gasteiger partial charge in [0, 0.05) is 30.9 Å². The summed E-state index contributed by atoms with van der Waals surface area (Å²) < 4.78 is 53.1. The number of aliphatic hydroxyl groups excluding tert-OH is 1. The second-order valence-corrected chi connectivity index (χ2v) is 7.17. The van der Waals surface area contributed by atoms with Crippen LogP contribution in [0.5, 0.6) is 0 Å². The Morgan fingerprint density at radius 3 is 2.30 bits per heavy atom. The van der Waals surface area contributed by atoms with Gasteiger partial charge in [0.15, 0.2) is 0 Å². The average molecular weight is 391 g/mol. The zero-order chi connectivity index (χ0) is 20.2. The summed E-state index contributed by atoms with van der Waals surface area (Å²) in [5.41, 5.74) is 9.70. The Kier molecular flexibility index (Phi) is 7.19. The zero-order valence-corrected chi connectivity index (χ0v) is 14.6. The number of hydroxylamine groups is 1. The van der Waals surface area contributed by atoms with Crippen LogP contribution in [0.4, 0.5) is 17.6 Å². The normalized spacial score (nSPS) is 20.7. The largest absolute Gasteiger partial charge is 0.672 e. The van der Waals surface area contributed by atoms with Gasteiger partial charge in [0.1, 0.15) is 11.6 Å². The highest BCUT2D eigenvalue weighted by Crippen LogP contribution is 2.40. The standard InChI is InChI=1S/C18H23F4N2O3/c19-12-5-10(6-13(20)8-12)7-15(23)16(25)9-14(17(26)24-27)11-1-3-18(21,22)4-2-11/h5-6,8,11,14-16,23,25,27H,1-4,7,9H2,(H,24,26)/q-1. The lowest BCUT2D eigenvalue weighted by Crippen LogP contribution is -2.40. The van der Waals surface area contributed by atoms with E-state index in [-0.39, 0.29) is 44.1 Å². The maximum absolute atomic E-state index is 13.3. The number of hydrogen-bond acceptors (Lipinski definition) is 3. The van der Waals surface area contributed by atoms with Crippen molar-refractivity contribution in [3.8, 4) is 0 Å². The van der Waals surface area contributed by atoms with E-state index in [4.69, 9.17) is 10.9 Å². The number of nitrogens with one attached hydrogen (secondary N) is 2. The molecule has 0 heterocycles. The summed E-state index contributed by atoms with van der Waals surface area (Å²) in [5.74, 6) is -6.56. The van der Waals surface area contributed by atoms with Gasteiger partial charge in [0.25, 0.3) is 0 Å². The number of benzene rings is 1. The SMILES string of the molecule is [NH-]C(Cc1cc(F)cc(F)c1)C(O)CC(C(=O)NO)C1CCC(F)(F)CC1. The van der Waals surface area contributed by atoms with E-state index in [1.165, 1.54) is 5.48 Å². The van der Waals surface area contributed by atoms with Gasteiger partial charge in [-0.3, -0.25) is 10.0 Å². The van der Waals surface area contributed by atoms with Gasteiger partial charge in [-0.25, -0.2) is 23.0 Å². The third-order valence-electron chi connectivity index (χ3n) is 5.12. The first-order valence-electron chi connectivity index (χ1n) is 8.77. The molecule has 5 nitrogen and oxygen atoms in total. The molecule has 3 unspecified atom stereocenters. The van der Waals surface area contributed by atoms with Crippen molar-refractivity contribution in [2.24, 2.45) is 11.8 Å².